The van der Waals surface area contributed by atoms with Crippen LogP contribution in [0.1, 0.15) is 26.7 Å². The van der Waals surface area contributed by atoms with Crippen molar-refractivity contribution >= 4 is 14.5 Å². The van der Waals surface area contributed by atoms with E-state index in [1.807, 2.05) is 13.8 Å². The van der Waals surface area contributed by atoms with Crippen LogP contribution in [-0.2, 0) is 9.53 Å². The third-order valence-electron chi connectivity index (χ3n) is 3.84. The molecule has 2 aromatic carbocycles. The number of benzene rings is 2. The molecule has 0 saturated heterocycles. The quantitative estimate of drug-likeness (QED) is 0.173. The fourth-order valence-corrected chi connectivity index (χ4v) is 3.28. The Morgan fingerprint density at radius 1 is 0.900 bits per heavy atom. The maximum absolute atomic E-state index is 14.0. The lowest BCUT2D eigenvalue weighted by atomic mass is 10.2. The molecule has 5 nitrogen and oxygen atoms in total. The van der Waals surface area contributed by atoms with Gasteiger partial charge in [0.05, 0.1) is 0 Å². The molecule has 30 heavy (non-hydrogen) atoms. The maximum Gasteiger partial charge on any atom is 0.382 e. The molecule has 0 spiro atoms. The van der Waals surface area contributed by atoms with Crippen molar-refractivity contribution in [3.63, 3.8) is 0 Å². The highest BCUT2D eigenvalue weighted by Gasteiger charge is 2.30. The van der Waals surface area contributed by atoms with Gasteiger partial charge < -0.3 is 13.8 Å². The van der Waals surface area contributed by atoms with Crippen LogP contribution >= 0.6 is 8.53 Å². The van der Waals surface area contributed by atoms with Crippen molar-refractivity contribution in [1.29, 1.82) is 0 Å². The Bertz CT molecular complexity index is 839. The lowest BCUT2D eigenvalue weighted by Gasteiger charge is -2.20. The van der Waals surface area contributed by atoms with Gasteiger partial charge in [-0.1, -0.05) is 32.0 Å². The Morgan fingerprint density at radius 2 is 1.43 bits per heavy atom. The molecule has 11 heteroatoms. The van der Waals surface area contributed by atoms with E-state index in [9.17, 15) is 26.7 Å². The molecule has 0 aliphatic heterocycles. The number of ether oxygens (including phenoxy) is 1. The average Bonchev–Trinajstić information content (AvgIpc) is 2.76. The standard InChI is InChI=1S/C19H19F5NO4P/c1-3-11(4-2)27-13(26)10-25-30(28-12-8-6-5-7-9-12)29-19-17(23)15(21)14(20)16(22)18(19)24/h5-9,11,25H,3-4,10H2,1-2H3. The first kappa shape index (κ1) is 23.8. The van der Waals surface area contributed by atoms with E-state index in [0.717, 1.165) is 0 Å². The van der Waals surface area contributed by atoms with E-state index in [1.54, 1.807) is 18.2 Å². The molecule has 1 unspecified atom stereocenters. The van der Waals surface area contributed by atoms with E-state index >= 15 is 0 Å². The summed E-state index contributed by atoms with van der Waals surface area (Å²) in [7, 11) is -2.53. The summed E-state index contributed by atoms with van der Waals surface area (Å²) >= 11 is 0. The third-order valence-corrected chi connectivity index (χ3v) is 4.98. The maximum atomic E-state index is 14.0. The summed E-state index contributed by atoms with van der Waals surface area (Å²) < 4.78 is 83.5. The van der Waals surface area contributed by atoms with Gasteiger partial charge in [-0.05, 0) is 25.0 Å². The number of carbonyl (C=O) groups is 1. The van der Waals surface area contributed by atoms with Crippen molar-refractivity contribution in [2.24, 2.45) is 0 Å². The molecule has 0 fully saturated rings. The van der Waals surface area contributed by atoms with Gasteiger partial charge in [0.15, 0.2) is 0 Å². The molecule has 1 atom stereocenters. The Balaban J connectivity index is 2.22. The van der Waals surface area contributed by atoms with E-state index in [4.69, 9.17) is 13.8 Å². The zero-order valence-electron chi connectivity index (χ0n) is 16.1. The first-order chi connectivity index (χ1) is 14.3. The lowest BCUT2D eigenvalue weighted by Crippen LogP contribution is -2.27. The number of hydrogen-bond acceptors (Lipinski definition) is 5. The van der Waals surface area contributed by atoms with Crippen LogP contribution in [0.25, 0.3) is 0 Å². The molecular formula is C19H19F5NO4P. The second-order valence-electron chi connectivity index (χ2n) is 5.92. The van der Waals surface area contributed by atoms with Crippen molar-refractivity contribution in [3.8, 4) is 11.5 Å². The summed E-state index contributed by atoms with van der Waals surface area (Å²) in [6.07, 6.45) is 0.841. The normalized spacial score (nSPS) is 12.0. The van der Waals surface area contributed by atoms with E-state index < -0.39 is 55.9 Å². The summed E-state index contributed by atoms with van der Waals surface area (Å²) in [5.41, 5.74) is 0. The number of halogens is 5. The van der Waals surface area contributed by atoms with Crippen LogP contribution in [-0.4, -0.2) is 18.6 Å². The molecule has 2 rings (SSSR count). The minimum absolute atomic E-state index is 0.174. The molecule has 0 heterocycles. The highest BCUT2D eigenvalue weighted by molar-refractivity contribution is 7.45. The van der Waals surface area contributed by atoms with E-state index in [1.165, 1.54) is 12.1 Å². The molecule has 0 bridgehead atoms. The first-order valence-electron chi connectivity index (χ1n) is 8.93. The fourth-order valence-electron chi connectivity index (χ4n) is 2.22. The van der Waals surface area contributed by atoms with Gasteiger partial charge in [-0.25, -0.2) is 18.3 Å². The van der Waals surface area contributed by atoms with Crippen LogP contribution < -0.4 is 14.1 Å². The number of hydrogen-bond donors (Lipinski definition) is 1. The second-order valence-corrected chi connectivity index (χ2v) is 7.11. The summed E-state index contributed by atoms with van der Waals surface area (Å²) in [6, 6.07) is 7.79. The summed E-state index contributed by atoms with van der Waals surface area (Å²) in [5, 5.41) is 2.45. The largest absolute Gasteiger partial charge is 0.461 e. The Morgan fingerprint density at radius 3 is 1.97 bits per heavy atom. The van der Waals surface area contributed by atoms with Gasteiger partial charge in [-0.15, -0.1) is 0 Å². The number of para-hydroxylation sites is 1. The van der Waals surface area contributed by atoms with Crippen molar-refractivity contribution in [3.05, 3.63) is 59.4 Å². The summed E-state index contributed by atoms with van der Waals surface area (Å²) in [4.78, 5) is 12.0. The number of esters is 1. The average molecular weight is 451 g/mol. The van der Waals surface area contributed by atoms with E-state index in [0.29, 0.717) is 12.8 Å². The van der Waals surface area contributed by atoms with Gasteiger partial charge in [-0.2, -0.15) is 8.78 Å². The van der Waals surface area contributed by atoms with Crippen molar-refractivity contribution < 1.29 is 40.5 Å². The Kier molecular flexibility index (Phi) is 8.80. The molecule has 0 aromatic heterocycles. The van der Waals surface area contributed by atoms with Crippen molar-refractivity contribution in [2.45, 2.75) is 32.8 Å². The zero-order valence-corrected chi connectivity index (χ0v) is 16.9. The second kappa shape index (κ2) is 11.1. The van der Waals surface area contributed by atoms with E-state index in [2.05, 4.69) is 5.09 Å². The van der Waals surface area contributed by atoms with Crippen molar-refractivity contribution in [1.82, 2.24) is 5.09 Å². The predicted molar refractivity (Wildman–Crippen MR) is 99.3 cm³/mol. The van der Waals surface area contributed by atoms with E-state index in [-0.39, 0.29) is 11.9 Å². The third kappa shape index (κ3) is 6.03. The van der Waals surface area contributed by atoms with Crippen LogP contribution in [0.3, 0.4) is 0 Å². The van der Waals surface area contributed by atoms with Crippen LogP contribution in [0, 0.1) is 29.1 Å². The van der Waals surface area contributed by atoms with Gasteiger partial charge >= 0.3 is 14.5 Å². The number of nitrogens with one attached hydrogen (secondary N) is 1. The van der Waals surface area contributed by atoms with Gasteiger partial charge in [-0.3, -0.25) is 4.79 Å². The van der Waals surface area contributed by atoms with Gasteiger partial charge in [0.25, 0.3) is 0 Å². The van der Waals surface area contributed by atoms with Gasteiger partial charge in [0.2, 0.25) is 34.8 Å². The highest BCUT2D eigenvalue weighted by Crippen LogP contribution is 2.40. The minimum atomic E-state index is -2.53. The molecule has 0 radical (unpaired) electrons. The van der Waals surface area contributed by atoms with Gasteiger partial charge in [0.1, 0.15) is 18.4 Å². The van der Waals surface area contributed by atoms with Crippen molar-refractivity contribution in [2.75, 3.05) is 6.54 Å². The Labute approximate surface area is 171 Å². The summed E-state index contributed by atoms with van der Waals surface area (Å²) in [6.45, 7) is 3.17. The molecule has 0 saturated carbocycles. The highest BCUT2D eigenvalue weighted by atomic mass is 31.2. The number of rotatable bonds is 10. The molecule has 0 aliphatic rings. The Hall–Kier alpha value is -2.45. The SMILES string of the molecule is CCC(CC)OC(=O)CNP(Oc1ccccc1)Oc1c(F)c(F)c(F)c(F)c1F. The monoisotopic (exact) mass is 451 g/mol. The molecule has 164 valence electrons. The lowest BCUT2D eigenvalue weighted by molar-refractivity contribution is -0.147. The van der Waals surface area contributed by atoms with Gasteiger partial charge in [0, 0.05) is 0 Å². The molecule has 0 amide bonds. The minimum Gasteiger partial charge on any atom is -0.461 e. The van der Waals surface area contributed by atoms with Crippen LogP contribution in [0.15, 0.2) is 30.3 Å². The first-order valence-corrected chi connectivity index (χ1v) is 10.1. The topological polar surface area (TPSA) is 56.8 Å². The molecule has 0 aliphatic carbocycles. The zero-order chi connectivity index (χ0) is 22.3. The van der Waals surface area contributed by atoms with Crippen LogP contribution in [0.4, 0.5) is 22.0 Å². The molecule has 1 N–H and O–H groups in total. The number of carbonyl (C=O) groups excluding carboxylic acids is 1. The fraction of sp³-hybridized carbons (Fsp3) is 0.316. The van der Waals surface area contributed by atoms with Crippen LogP contribution in [0.2, 0.25) is 0 Å². The van der Waals surface area contributed by atoms with Crippen LogP contribution in [0.5, 0.6) is 11.5 Å². The molecule has 2 aromatic rings. The molecular weight excluding hydrogens is 432 g/mol. The smallest absolute Gasteiger partial charge is 0.382 e. The predicted octanol–water partition coefficient (Wildman–Crippen LogP) is 5.39. The summed E-state index contributed by atoms with van der Waals surface area (Å²) in [5.74, 6) is -13.0.